The van der Waals surface area contributed by atoms with Gasteiger partial charge in [-0.2, -0.15) is 0 Å². The third kappa shape index (κ3) is 2.41. The van der Waals surface area contributed by atoms with Gasteiger partial charge in [0.1, 0.15) is 17.2 Å². The number of hydrogen-bond acceptors (Lipinski definition) is 5. The molecule has 5 nitrogen and oxygen atoms in total. The first-order valence-electron chi connectivity index (χ1n) is 3.67. The van der Waals surface area contributed by atoms with Crippen LogP contribution in [-0.4, -0.2) is 27.0 Å². The van der Waals surface area contributed by atoms with Gasteiger partial charge < -0.3 is 26.2 Å². The Kier molecular flexibility index (Phi) is 4.49. The van der Waals surface area contributed by atoms with Crippen LogP contribution in [0.5, 0.6) is 17.2 Å². The van der Waals surface area contributed by atoms with Crippen LogP contribution in [0.1, 0.15) is 11.6 Å². The molecule has 0 amide bonds. The lowest BCUT2D eigenvalue weighted by atomic mass is 10.1. The monoisotopic (exact) mass is 221 g/mol. The van der Waals surface area contributed by atoms with Crippen molar-refractivity contribution >= 4 is 12.4 Å². The standard InChI is InChI=1S/C8H11NO4.ClH/c9-5(3-10)8-6(12)1-4(11)2-7(8)13;/h1-2,5,10-13H,3,9H2;1H/t5-;/m1./s1. The molecular weight excluding hydrogens is 210 g/mol. The number of aromatic hydroxyl groups is 3. The topological polar surface area (TPSA) is 107 Å². The van der Waals surface area contributed by atoms with E-state index in [0.29, 0.717) is 0 Å². The fourth-order valence-corrected chi connectivity index (χ4v) is 1.08. The Morgan fingerprint density at radius 3 is 1.93 bits per heavy atom. The zero-order valence-electron chi connectivity index (χ0n) is 7.21. The van der Waals surface area contributed by atoms with Crippen LogP contribution in [0.3, 0.4) is 0 Å². The van der Waals surface area contributed by atoms with Crippen molar-refractivity contribution in [1.29, 1.82) is 0 Å². The molecular formula is C8H12ClNO4. The molecule has 1 rings (SSSR count). The summed E-state index contributed by atoms with van der Waals surface area (Å²) in [5.74, 6) is -0.929. The minimum atomic E-state index is -0.861. The van der Waals surface area contributed by atoms with Crippen LogP contribution in [0.15, 0.2) is 12.1 Å². The average Bonchev–Trinajstić information content (AvgIpc) is 2.02. The third-order valence-electron chi connectivity index (χ3n) is 1.69. The predicted molar refractivity (Wildman–Crippen MR) is 52.7 cm³/mol. The predicted octanol–water partition coefficient (Wildman–Crippen LogP) is 0.217. The first kappa shape index (κ1) is 12.8. The Morgan fingerprint density at radius 1 is 1.14 bits per heavy atom. The fourth-order valence-electron chi connectivity index (χ4n) is 1.08. The molecule has 14 heavy (non-hydrogen) atoms. The van der Waals surface area contributed by atoms with Gasteiger partial charge in [0.25, 0.3) is 0 Å². The molecule has 1 aromatic carbocycles. The molecule has 0 unspecified atom stereocenters. The van der Waals surface area contributed by atoms with Crippen LogP contribution >= 0.6 is 12.4 Å². The van der Waals surface area contributed by atoms with E-state index in [1.165, 1.54) is 0 Å². The van der Waals surface area contributed by atoms with Crippen molar-refractivity contribution in [3.63, 3.8) is 0 Å². The highest BCUT2D eigenvalue weighted by Crippen LogP contribution is 2.35. The molecule has 6 N–H and O–H groups in total. The molecule has 0 aliphatic rings. The highest BCUT2D eigenvalue weighted by Gasteiger charge is 2.15. The summed E-state index contributed by atoms with van der Waals surface area (Å²) < 4.78 is 0. The van der Waals surface area contributed by atoms with Crippen LogP contribution < -0.4 is 5.73 Å². The van der Waals surface area contributed by atoms with E-state index in [0.717, 1.165) is 12.1 Å². The number of benzene rings is 1. The molecule has 6 heteroatoms. The summed E-state index contributed by atoms with van der Waals surface area (Å²) in [6.07, 6.45) is 0. The second kappa shape index (κ2) is 4.90. The second-order valence-corrected chi connectivity index (χ2v) is 2.69. The van der Waals surface area contributed by atoms with E-state index in [1.807, 2.05) is 0 Å². The molecule has 1 aromatic rings. The Balaban J connectivity index is 0.00000169. The highest BCUT2D eigenvalue weighted by atomic mass is 35.5. The number of rotatable bonds is 2. The van der Waals surface area contributed by atoms with Crippen molar-refractivity contribution in [2.75, 3.05) is 6.61 Å². The van der Waals surface area contributed by atoms with Gasteiger partial charge in [0.05, 0.1) is 18.2 Å². The van der Waals surface area contributed by atoms with Gasteiger partial charge in [-0.1, -0.05) is 0 Å². The Labute approximate surface area is 86.8 Å². The van der Waals surface area contributed by atoms with Crippen LogP contribution in [0.2, 0.25) is 0 Å². The van der Waals surface area contributed by atoms with Gasteiger partial charge >= 0.3 is 0 Å². The molecule has 0 aliphatic carbocycles. The lowest BCUT2D eigenvalue weighted by Gasteiger charge is -2.12. The number of nitrogens with two attached hydrogens (primary N) is 1. The van der Waals surface area contributed by atoms with E-state index in [9.17, 15) is 10.2 Å². The van der Waals surface area contributed by atoms with Gasteiger partial charge in [0.2, 0.25) is 0 Å². The summed E-state index contributed by atoms with van der Waals surface area (Å²) >= 11 is 0. The summed E-state index contributed by atoms with van der Waals surface area (Å²) in [6, 6.07) is 1.23. The summed E-state index contributed by atoms with van der Waals surface area (Å²) in [5, 5.41) is 36.2. The number of phenols is 3. The van der Waals surface area contributed by atoms with Gasteiger partial charge in [-0.05, 0) is 0 Å². The van der Waals surface area contributed by atoms with Gasteiger partial charge in [-0.15, -0.1) is 12.4 Å². The van der Waals surface area contributed by atoms with Crippen molar-refractivity contribution in [2.24, 2.45) is 5.73 Å². The van der Waals surface area contributed by atoms with Crippen LogP contribution in [0.4, 0.5) is 0 Å². The largest absolute Gasteiger partial charge is 0.508 e. The maximum atomic E-state index is 9.26. The van der Waals surface area contributed by atoms with Crippen molar-refractivity contribution in [3.8, 4) is 17.2 Å². The highest BCUT2D eigenvalue weighted by molar-refractivity contribution is 5.85. The Morgan fingerprint density at radius 2 is 1.57 bits per heavy atom. The summed E-state index contributed by atoms with van der Waals surface area (Å²) in [5.41, 5.74) is 5.42. The molecule has 0 saturated carbocycles. The molecule has 1 atom stereocenters. The average molecular weight is 222 g/mol. The smallest absolute Gasteiger partial charge is 0.127 e. The zero-order chi connectivity index (χ0) is 10.0. The van der Waals surface area contributed by atoms with E-state index in [1.54, 1.807) is 0 Å². The van der Waals surface area contributed by atoms with Crippen LogP contribution in [-0.2, 0) is 0 Å². The van der Waals surface area contributed by atoms with E-state index < -0.39 is 12.6 Å². The summed E-state index contributed by atoms with van der Waals surface area (Å²) in [7, 11) is 0. The molecule has 0 radical (unpaired) electrons. The van der Waals surface area contributed by atoms with Gasteiger partial charge in [0, 0.05) is 12.1 Å². The summed E-state index contributed by atoms with van der Waals surface area (Å²) in [6.45, 7) is -0.397. The van der Waals surface area contributed by atoms with E-state index in [4.69, 9.17) is 15.9 Å². The van der Waals surface area contributed by atoms with Gasteiger partial charge in [-0.25, -0.2) is 0 Å². The summed E-state index contributed by atoms with van der Waals surface area (Å²) in [4.78, 5) is 0. The van der Waals surface area contributed by atoms with E-state index >= 15 is 0 Å². The van der Waals surface area contributed by atoms with Crippen molar-refractivity contribution in [1.82, 2.24) is 0 Å². The van der Waals surface area contributed by atoms with Gasteiger partial charge in [0.15, 0.2) is 0 Å². The van der Waals surface area contributed by atoms with Crippen molar-refractivity contribution in [2.45, 2.75) is 6.04 Å². The third-order valence-corrected chi connectivity index (χ3v) is 1.69. The maximum Gasteiger partial charge on any atom is 0.127 e. The lowest BCUT2D eigenvalue weighted by Crippen LogP contribution is -2.14. The molecule has 0 aliphatic heterocycles. The Hall–Kier alpha value is -1.17. The minimum absolute atomic E-state index is 0. The fraction of sp³-hybridized carbons (Fsp3) is 0.250. The molecule has 0 saturated heterocycles. The van der Waals surface area contributed by atoms with Crippen LogP contribution in [0, 0.1) is 0 Å². The van der Waals surface area contributed by atoms with Gasteiger partial charge in [-0.3, -0.25) is 0 Å². The number of aliphatic hydroxyl groups is 1. The van der Waals surface area contributed by atoms with Crippen molar-refractivity contribution < 1.29 is 20.4 Å². The van der Waals surface area contributed by atoms with E-state index in [2.05, 4.69) is 0 Å². The molecule has 0 heterocycles. The van der Waals surface area contributed by atoms with E-state index in [-0.39, 0.29) is 35.2 Å². The molecule has 0 spiro atoms. The quantitative estimate of drug-likeness (QED) is 0.491. The maximum absolute atomic E-state index is 9.26. The molecule has 0 aromatic heterocycles. The lowest BCUT2D eigenvalue weighted by molar-refractivity contribution is 0.262. The number of aliphatic hydroxyl groups excluding tert-OH is 1. The first-order chi connectivity index (χ1) is 6.06. The molecule has 80 valence electrons. The minimum Gasteiger partial charge on any atom is -0.508 e. The normalized spacial score (nSPS) is 11.9. The SMILES string of the molecule is Cl.N[C@H](CO)c1c(O)cc(O)cc1O. The van der Waals surface area contributed by atoms with Crippen molar-refractivity contribution in [3.05, 3.63) is 17.7 Å². The Bertz CT molecular complexity index is 295. The first-order valence-corrected chi connectivity index (χ1v) is 3.67. The zero-order valence-corrected chi connectivity index (χ0v) is 8.03. The molecule has 0 fully saturated rings. The number of phenolic OH excluding ortho intramolecular Hbond substituents is 3. The second-order valence-electron chi connectivity index (χ2n) is 2.69. The number of hydrogen-bond donors (Lipinski definition) is 5. The van der Waals surface area contributed by atoms with Crippen LogP contribution in [0.25, 0.3) is 0 Å². The number of halogens is 1. The molecule has 0 bridgehead atoms.